The zero-order valence-electron chi connectivity index (χ0n) is 16.5. The number of aromatic nitrogens is 2. The Morgan fingerprint density at radius 1 is 1.17 bits per heavy atom. The Morgan fingerprint density at radius 3 is 2.63 bits per heavy atom. The molecule has 30 heavy (non-hydrogen) atoms. The van der Waals surface area contributed by atoms with Crippen LogP contribution in [0.15, 0.2) is 47.4 Å². The zero-order valence-corrected chi connectivity index (χ0v) is 18.2. The van der Waals surface area contributed by atoms with E-state index in [4.69, 9.17) is 4.74 Å². The van der Waals surface area contributed by atoms with Crippen molar-refractivity contribution in [3.63, 3.8) is 0 Å². The van der Waals surface area contributed by atoms with Crippen LogP contribution < -0.4 is 5.32 Å². The highest BCUT2D eigenvalue weighted by Gasteiger charge is 2.24. The van der Waals surface area contributed by atoms with E-state index in [1.54, 1.807) is 32.0 Å². The van der Waals surface area contributed by atoms with Crippen molar-refractivity contribution in [3.05, 3.63) is 48.0 Å². The fraction of sp³-hybridized carbons (Fsp3) is 0.263. The van der Waals surface area contributed by atoms with Crippen LogP contribution in [-0.4, -0.2) is 53.0 Å². The van der Waals surface area contributed by atoms with E-state index in [1.165, 1.54) is 35.6 Å². The number of carbonyl (C=O) groups excluding carboxylic acids is 2. The van der Waals surface area contributed by atoms with Gasteiger partial charge in [0.05, 0.1) is 27.9 Å². The van der Waals surface area contributed by atoms with E-state index >= 15 is 0 Å². The molecule has 1 aromatic heterocycles. The highest BCUT2D eigenvalue weighted by atomic mass is 32.2. The number of benzene rings is 2. The molecular weight excluding hydrogens is 428 g/mol. The quantitative estimate of drug-likeness (QED) is 0.552. The lowest BCUT2D eigenvalue weighted by atomic mass is 10.2. The zero-order chi connectivity index (χ0) is 21.9. The fourth-order valence-electron chi connectivity index (χ4n) is 2.54. The third-order valence-electron chi connectivity index (χ3n) is 4.37. The first-order valence-corrected chi connectivity index (χ1v) is 11.1. The number of carbonyl (C=O) groups is 2. The minimum absolute atomic E-state index is 0.0275. The Hall–Kier alpha value is -2.89. The van der Waals surface area contributed by atoms with Gasteiger partial charge in [-0.15, -0.1) is 0 Å². The smallest absolute Gasteiger partial charge is 0.338 e. The summed E-state index contributed by atoms with van der Waals surface area (Å²) in [7, 11) is -2.28. The monoisotopic (exact) mass is 448 g/mol. The maximum absolute atomic E-state index is 12.6. The number of ether oxygens (including phenoxy) is 1. The van der Waals surface area contributed by atoms with E-state index in [9.17, 15) is 18.0 Å². The second-order valence-electron chi connectivity index (χ2n) is 6.70. The number of amides is 1. The molecule has 0 unspecified atom stereocenters. The minimum atomic E-state index is -3.75. The van der Waals surface area contributed by atoms with Gasteiger partial charge in [-0.25, -0.2) is 13.2 Å². The average molecular weight is 449 g/mol. The highest BCUT2D eigenvalue weighted by molar-refractivity contribution is 7.89. The summed E-state index contributed by atoms with van der Waals surface area (Å²) in [6, 6.07) is 10.4. The van der Waals surface area contributed by atoms with Crippen LogP contribution in [0, 0.1) is 0 Å². The van der Waals surface area contributed by atoms with E-state index in [2.05, 4.69) is 14.1 Å². The molecule has 0 atom stereocenters. The van der Waals surface area contributed by atoms with Gasteiger partial charge in [0.1, 0.15) is 11.0 Å². The van der Waals surface area contributed by atoms with Crippen LogP contribution in [0.4, 0.5) is 5.69 Å². The Bertz CT molecular complexity index is 1190. The molecule has 0 fully saturated rings. The third-order valence-corrected chi connectivity index (χ3v) is 6.94. The standard InChI is InChI=1S/C19H20N4O5S2/c1-12(2)23(3)30(26,27)14-7-4-6-13(10-14)19(25)28-11-17(24)20-15-8-5-9-16-18(15)22-29-21-16/h4-10,12H,11H2,1-3H3,(H,20,24). The van der Waals surface area contributed by atoms with Crippen molar-refractivity contribution >= 4 is 50.3 Å². The van der Waals surface area contributed by atoms with Crippen molar-refractivity contribution in [3.8, 4) is 0 Å². The Balaban J connectivity index is 1.66. The van der Waals surface area contributed by atoms with Gasteiger partial charge in [-0.3, -0.25) is 4.79 Å². The molecule has 0 saturated carbocycles. The molecule has 3 rings (SSSR count). The Labute approximate surface area is 178 Å². The number of rotatable bonds is 7. The fourth-order valence-corrected chi connectivity index (χ4v) is 4.50. The first-order chi connectivity index (χ1) is 14.2. The highest BCUT2D eigenvalue weighted by Crippen LogP contribution is 2.21. The molecule has 0 aliphatic heterocycles. The second-order valence-corrected chi connectivity index (χ2v) is 9.23. The van der Waals surface area contributed by atoms with Gasteiger partial charge in [0.2, 0.25) is 10.0 Å². The third kappa shape index (κ3) is 4.64. The molecule has 0 aliphatic carbocycles. The van der Waals surface area contributed by atoms with E-state index in [-0.39, 0.29) is 16.5 Å². The van der Waals surface area contributed by atoms with Crippen molar-refractivity contribution in [1.29, 1.82) is 0 Å². The molecule has 3 aromatic rings. The SMILES string of the molecule is CC(C)N(C)S(=O)(=O)c1cccc(C(=O)OCC(=O)Nc2cccc3nsnc23)c1. The first kappa shape index (κ1) is 21.8. The number of sulfonamides is 1. The topological polar surface area (TPSA) is 119 Å². The molecule has 11 heteroatoms. The van der Waals surface area contributed by atoms with Gasteiger partial charge < -0.3 is 10.1 Å². The maximum Gasteiger partial charge on any atom is 0.338 e. The number of anilines is 1. The second kappa shape index (κ2) is 8.86. The summed E-state index contributed by atoms with van der Waals surface area (Å²) >= 11 is 1.03. The van der Waals surface area contributed by atoms with Crippen molar-refractivity contribution in [2.45, 2.75) is 24.8 Å². The molecule has 0 aliphatic rings. The number of hydrogen-bond acceptors (Lipinski definition) is 8. The van der Waals surface area contributed by atoms with Gasteiger partial charge in [-0.2, -0.15) is 13.1 Å². The van der Waals surface area contributed by atoms with E-state index in [0.717, 1.165) is 11.7 Å². The first-order valence-electron chi connectivity index (χ1n) is 8.96. The minimum Gasteiger partial charge on any atom is -0.452 e. The summed E-state index contributed by atoms with van der Waals surface area (Å²) in [5.41, 5.74) is 1.70. The normalized spacial score (nSPS) is 11.8. The summed E-state index contributed by atoms with van der Waals surface area (Å²) < 4.78 is 39.7. The predicted molar refractivity (Wildman–Crippen MR) is 113 cm³/mol. The summed E-state index contributed by atoms with van der Waals surface area (Å²) in [6.45, 7) is 2.96. The van der Waals surface area contributed by atoms with Crippen molar-refractivity contribution in [1.82, 2.24) is 13.1 Å². The maximum atomic E-state index is 12.6. The van der Waals surface area contributed by atoms with Crippen LogP contribution in [-0.2, 0) is 19.6 Å². The van der Waals surface area contributed by atoms with Crippen molar-refractivity contribution < 1.29 is 22.7 Å². The summed E-state index contributed by atoms with van der Waals surface area (Å²) in [5, 5.41) is 2.63. The van der Waals surface area contributed by atoms with Crippen molar-refractivity contribution in [2.75, 3.05) is 19.0 Å². The van der Waals surface area contributed by atoms with E-state index in [0.29, 0.717) is 16.7 Å². The van der Waals surface area contributed by atoms with E-state index < -0.39 is 28.5 Å². The van der Waals surface area contributed by atoms with Crippen LogP contribution in [0.25, 0.3) is 11.0 Å². The van der Waals surface area contributed by atoms with Crippen LogP contribution in [0.5, 0.6) is 0 Å². The van der Waals surface area contributed by atoms with Crippen LogP contribution >= 0.6 is 11.7 Å². The van der Waals surface area contributed by atoms with E-state index in [1.807, 2.05) is 0 Å². The lowest BCUT2D eigenvalue weighted by molar-refractivity contribution is -0.119. The van der Waals surface area contributed by atoms with Crippen LogP contribution in [0.3, 0.4) is 0 Å². The number of fused-ring (bicyclic) bond motifs is 1. The number of nitrogens with zero attached hydrogens (tertiary/aromatic N) is 3. The lowest BCUT2D eigenvalue weighted by Crippen LogP contribution is -2.33. The molecule has 2 aromatic carbocycles. The molecule has 1 heterocycles. The van der Waals surface area contributed by atoms with Gasteiger partial charge >= 0.3 is 5.97 Å². The molecule has 0 radical (unpaired) electrons. The van der Waals surface area contributed by atoms with Gasteiger partial charge in [0, 0.05) is 13.1 Å². The van der Waals surface area contributed by atoms with Crippen LogP contribution in [0.2, 0.25) is 0 Å². The molecule has 9 nitrogen and oxygen atoms in total. The summed E-state index contributed by atoms with van der Waals surface area (Å²) in [6.07, 6.45) is 0. The largest absolute Gasteiger partial charge is 0.452 e. The number of hydrogen-bond donors (Lipinski definition) is 1. The Kier molecular flexibility index (Phi) is 6.44. The average Bonchev–Trinajstić information content (AvgIpc) is 3.21. The molecule has 0 spiro atoms. The van der Waals surface area contributed by atoms with Gasteiger partial charge in [0.25, 0.3) is 5.91 Å². The summed E-state index contributed by atoms with van der Waals surface area (Å²) in [5.74, 6) is -1.35. The van der Waals surface area contributed by atoms with Gasteiger partial charge in [-0.1, -0.05) is 12.1 Å². The summed E-state index contributed by atoms with van der Waals surface area (Å²) in [4.78, 5) is 24.5. The molecule has 158 valence electrons. The number of nitrogens with one attached hydrogen (secondary N) is 1. The molecule has 0 bridgehead atoms. The molecular formula is C19H20N4O5S2. The number of esters is 1. The van der Waals surface area contributed by atoms with Crippen LogP contribution in [0.1, 0.15) is 24.2 Å². The van der Waals surface area contributed by atoms with Gasteiger partial charge in [0.15, 0.2) is 6.61 Å². The lowest BCUT2D eigenvalue weighted by Gasteiger charge is -2.21. The molecule has 0 saturated heterocycles. The molecule has 1 N–H and O–H groups in total. The van der Waals surface area contributed by atoms with Gasteiger partial charge in [-0.05, 0) is 44.2 Å². The molecule has 1 amide bonds. The predicted octanol–water partition coefficient (Wildman–Crippen LogP) is 2.52. The Morgan fingerprint density at radius 2 is 1.90 bits per heavy atom. The van der Waals surface area contributed by atoms with Crippen molar-refractivity contribution in [2.24, 2.45) is 0 Å².